The van der Waals surface area contributed by atoms with Gasteiger partial charge in [-0.15, -0.1) is 0 Å². The fourth-order valence-electron chi connectivity index (χ4n) is 1.77. The molecule has 1 aliphatic rings. The van der Waals surface area contributed by atoms with Crippen molar-refractivity contribution in [1.29, 1.82) is 0 Å². The first-order valence-electron chi connectivity index (χ1n) is 6.26. The Morgan fingerprint density at radius 3 is 1.87 bits per heavy atom. The fourth-order valence-corrected chi connectivity index (χ4v) is 1.77. The van der Waals surface area contributed by atoms with Gasteiger partial charge in [-0.05, 0) is 17.8 Å². The van der Waals surface area contributed by atoms with E-state index in [0.717, 1.165) is 32.2 Å². The van der Waals surface area contributed by atoms with Crippen LogP contribution in [-0.2, 0) is 4.74 Å². The van der Waals surface area contributed by atoms with Gasteiger partial charge in [-0.25, -0.2) is 0 Å². The van der Waals surface area contributed by atoms with E-state index >= 15 is 0 Å². The van der Waals surface area contributed by atoms with Crippen molar-refractivity contribution in [2.24, 2.45) is 11.3 Å². The Hall–Kier alpha value is -0.0800. The van der Waals surface area contributed by atoms with E-state index in [-0.39, 0.29) is 0 Å². The molecule has 0 aromatic carbocycles. The lowest BCUT2D eigenvalue weighted by Gasteiger charge is -2.24. The third-order valence-electron chi connectivity index (χ3n) is 2.76. The molecular formula is C13H29NO. The summed E-state index contributed by atoms with van der Waals surface area (Å²) in [4.78, 5) is 0. The second-order valence-corrected chi connectivity index (χ2v) is 5.48. The predicted octanol–water partition coefficient (Wildman–Crippen LogP) is 3.07. The van der Waals surface area contributed by atoms with E-state index in [1.807, 2.05) is 0 Å². The van der Waals surface area contributed by atoms with Crippen LogP contribution >= 0.6 is 0 Å². The molecule has 0 amide bonds. The molecule has 0 spiro atoms. The molecule has 0 aliphatic carbocycles. The van der Waals surface area contributed by atoms with Crippen LogP contribution in [0.4, 0.5) is 0 Å². The van der Waals surface area contributed by atoms with Crippen LogP contribution in [0.25, 0.3) is 0 Å². The Kier molecular flexibility index (Phi) is 8.07. The molecular weight excluding hydrogens is 186 g/mol. The van der Waals surface area contributed by atoms with E-state index in [4.69, 9.17) is 4.74 Å². The second-order valence-electron chi connectivity index (χ2n) is 5.48. The van der Waals surface area contributed by atoms with Gasteiger partial charge in [0.2, 0.25) is 0 Å². The number of ether oxygens (including phenoxy) is 1. The van der Waals surface area contributed by atoms with E-state index < -0.39 is 0 Å². The van der Waals surface area contributed by atoms with Gasteiger partial charge in [0.1, 0.15) is 0 Å². The number of hydrogen-bond donors (Lipinski definition) is 1. The molecule has 0 saturated carbocycles. The van der Waals surface area contributed by atoms with E-state index in [9.17, 15) is 0 Å². The van der Waals surface area contributed by atoms with Crippen molar-refractivity contribution < 1.29 is 4.74 Å². The molecule has 1 heterocycles. The van der Waals surface area contributed by atoms with Crippen LogP contribution in [-0.4, -0.2) is 26.3 Å². The van der Waals surface area contributed by atoms with Crippen molar-refractivity contribution >= 4 is 0 Å². The molecule has 2 nitrogen and oxygen atoms in total. The normalized spacial score (nSPS) is 17.2. The quantitative estimate of drug-likeness (QED) is 0.781. The molecule has 0 unspecified atom stereocenters. The lowest BCUT2D eigenvalue weighted by atomic mass is 9.82. The Balaban J connectivity index is 0.000000280. The third-order valence-corrected chi connectivity index (χ3v) is 2.76. The predicted molar refractivity (Wildman–Crippen MR) is 67.2 cm³/mol. The molecule has 0 aromatic heterocycles. The van der Waals surface area contributed by atoms with Crippen LogP contribution in [0, 0.1) is 11.3 Å². The Morgan fingerprint density at radius 1 is 1.20 bits per heavy atom. The van der Waals surface area contributed by atoms with E-state index in [2.05, 4.69) is 39.9 Å². The van der Waals surface area contributed by atoms with Gasteiger partial charge in [0.05, 0.1) is 13.2 Å². The van der Waals surface area contributed by atoms with Crippen LogP contribution in [0.5, 0.6) is 0 Å². The molecule has 0 aromatic rings. The van der Waals surface area contributed by atoms with E-state index in [1.54, 1.807) is 0 Å². The highest BCUT2D eigenvalue weighted by atomic mass is 16.5. The highest BCUT2D eigenvalue weighted by Crippen LogP contribution is 2.28. The summed E-state index contributed by atoms with van der Waals surface area (Å²) in [6.45, 7) is 15.4. The van der Waals surface area contributed by atoms with Crippen molar-refractivity contribution in [3.63, 3.8) is 0 Å². The summed E-state index contributed by atoms with van der Waals surface area (Å²) in [5.74, 6) is 0.847. The van der Waals surface area contributed by atoms with Gasteiger partial charge in [0.15, 0.2) is 0 Å². The lowest BCUT2D eigenvalue weighted by molar-refractivity contribution is 0.109. The minimum atomic E-state index is 0.564. The van der Waals surface area contributed by atoms with Crippen LogP contribution in [0.2, 0.25) is 0 Å². The molecule has 1 N–H and O–H groups in total. The Labute approximate surface area is 95.8 Å². The maximum absolute atomic E-state index is 5.01. The highest BCUT2D eigenvalue weighted by molar-refractivity contribution is 4.67. The number of morpholine rings is 1. The van der Waals surface area contributed by atoms with Gasteiger partial charge in [0.25, 0.3) is 0 Å². The molecule has 1 aliphatic heterocycles. The molecule has 0 atom stereocenters. The van der Waals surface area contributed by atoms with E-state index in [1.165, 1.54) is 12.8 Å². The van der Waals surface area contributed by atoms with Gasteiger partial charge in [-0.1, -0.05) is 41.0 Å². The molecule has 0 radical (unpaired) electrons. The van der Waals surface area contributed by atoms with Gasteiger partial charge in [0, 0.05) is 13.1 Å². The number of nitrogens with one attached hydrogen (secondary N) is 1. The topological polar surface area (TPSA) is 21.3 Å². The molecule has 2 heteroatoms. The summed E-state index contributed by atoms with van der Waals surface area (Å²) in [5, 5.41) is 3.16. The zero-order chi connectivity index (χ0) is 11.7. The molecule has 1 saturated heterocycles. The maximum Gasteiger partial charge on any atom is 0.0591 e. The standard InChI is InChI=1S/C9H20.C4H9NO/c1-6-9(4,5)7-8(2)3;1-3-6-4-2-5-1/h8H,6-7H2,1-5H3;5H,1-4H2. The molecule has 92 valence electrons. The van der Waals surface area contributed by atoms with Crippen molar-refractivity contribution in [1.82, 2.24) is 5.32 Å². The zero-order valence-corrected chi connectivity index (χ0v) is 11.2. The third kappa shape index (κ3) is 10.2. The highest BCUT2D eigenvalue weighted by Gasteiger charge is 2.15. The smallest absolute Gasteiger partial charge is 0.0591 e. The number of rotatable bonds is 3. The first kappa shape index (κ1) is 14.9. The van der Waals surface area contributed by atoms with E-state index in [0.29, 0.717) is 5.41 Å². The summed E-state index contributed by atoms with van der Waals surface area (Å²) in [6, 6.07) is 0. The average Bonchev–Trinajstić information content (AvgIpc) is 2.20. The Morgan fingerprint density at radius 2 is 1.73 bits per heavy atom. The summed E-state index contributed by atoms with van der Waals surface area (Å²) in [7, 11) is 0. The van der Waals surface area contributed by atoms with Crippen LogP contribution in [0.15, 0.2) is 0 Å². The van der Waals surface area contributed by atoms with Crippen molar-refractivity contribution in [3.8, 4) is 0 Å². The maximum atomic E-state index is 5.01. The first-order valence-corrected chi connectivity index (χ1v) is 6.26. The first-order chi connectivity index (χ1) is 6.98. The molecule has 1 fully saturated rings. The average molecular weight is 215 g/mol. The minimum absolute atomic E-state index is 0.564. The zero-order valence-electron chi connectivity index (χ0n) is 11.2. The van der Waals surface area contributed by atoms with Crippen molar-refractivity contribution in [2.75, 3.05) is 26.3 Å². The lowest BCUT2D eigenvalue weighted by Crippen LogP contribution is -2.30. The fraction of sp³-hybridized carbons (Fsp3) is 1.00. The van der Waals surface area contributed by atoms with Gasteiger partial charge >= 0.3 is 0 Å². The Bertz CT molecular complexity index is 128. The van der Waals surface area contributed by atoms with Gasteiger partial charge in [-0.3, -0.25) is 0 Å². The molecule has 1 rings (SSSR count). The summed E-state index contributed by atoms with van der Waals surface area (Å²) in [5.41, 5.74) is 0.564. The van der Waals surface area contributed by atoms with Crippen LogP contribution in [0.1, 0.15) is 47.5 Å². The minimum Gasteiger partial charge on any atom is -0.379 e. The monoisotopic (exact) mass is 215 g/mol. The van der Waals surface area contributed by atoms with Gasteiger partial charge in [-0.2, -0.15) is 0 Å². The number of hydrogen-bond acceptors (Lipinski definition) is 2. The summed E-state index contributed by atoms with van der Waals surface area (Å²) < 4.78 is 5.01. The van der Waals surface area contributed by atoms with Crippen LogP contribution < -0.4 is 5.32 Å². The van der Waals surface area contributed by atoms with Crippen molar-refractivity contribution in [2.45, 2.75) is 47.5 Å². The molecule has 0 bridgehead atoms. The molecule has 15 heavy (non-hydrogen) atoms. The SMILES string of the molecule is C1COCCN1.CCC(C)(C)CC(C)C. The largest absolute Gasteiger partial charge is 0.379 e. The second kappa shape index (κ2) is 8.12. The van der Waals surface area contributed by atoms with Crippen LogP contribution in [0.3, 0.4) is 0 Å². The summed E-state index contributed by atoms with van der Waals surface area (Å²) in [6.07, 6.45) is 2.65. The van der Waals surface area contributed by atoms with Crippen molar-refractivity contribution in [3.05, 3.63) is 0 Å². The van der Waals surface area contributed by atoms with Gasteiger partial charge < -0.3 is 10.1 Å². The summed E-state index contributed by atoms with van der Waals surface area (Å²) >= 11 is 0.